The van der Waals surface area contributed by atoms with Crippen molar-refractivity contribution < 1.29 is 165 Å². The second kappa shape index (κ2) is 45.5. The van der Waals surface area contributed by atoms with Crippen LogP contribution in [0.4, 0.5) is 0 Å². The summed E-state index contributed by atoms with van der Waals surface area (Å²) in [6.45, 7) is 6.13. The summed E-state index contributed by atoms with van der Waals surface area (Å²) in [7, 11) is -22.4. The van der Waals surface area contributed by atoms with Gasteiger partial charge >= 0.3 is 59.7 Å². The summed E-state index contributed by atoms with van der Waals surface area (Å²) in [4.78, 5) is 136. The van der Waals surface area contributed by atoms with E-state index >= 15 is 0 Å². The van der Waals surface area contributed by atoms with Crippen LogP contribution < -0.4 is 23.7 Å². The van der Waals surface area contributed by atoms with Gasteiger partial charge in [0.15, 0.2) is 0 Å². The molecule has 0 amide bonds. The smallest absolute Gasteiger partial charge is 0.343 e. The largest absolute Gasteiger partial charge is 0.748 e. The fourth-order valence-corrected chi connectivity index (χ4v) is 19.8. The SMILES string of the molecule is Cc1ccc(C(=O)OCCS(=O)(=O)[O-])c(OC(=O)C23CC4CC(C2)C(=O)C(C4)C3)c1.Cc1ccc(C(=O)OCCS(=O)(=O)[O-])c(OC(=O)C23CC4CC(CC(C4)C2)C3)c1.Cc1ccc(C(=O)OCCS(=O)(=O)[O-])c(OC(=O)C2CCCC2)c1.Cc1ccc(C(=O)OCCS(=O)(=O)[O-])c(OC(=O)C2CCCCC2)c1.Cc1ccc(C(=O)OCCS(=O)(=O)[O-])c(OC(=O)c2ccccc2)c1. The van der Waals surface area contributed by atoms with E-state index in [9.17, 15) is 118 Å². The summed E-state index contributed by atoms with van der Waals surface area (Å²) in [5.74, 6) is -8.25. The van der Waals surface area contributed by atoms with Gasteiger partial charge in [-0.15, -0.1) is 0 Å². The quantitative estimate of drug-likeness (QED) is 0.0175. The molecule has 133 heavy (non-hydrogen) atoms. The summed E-state index contributed by atoms with van der Waals surface area (Å²) in [5.41, 5.74) is 3.10. The first kappa shape index (κ1) is 104. The predicted octanol–water partition coefficient (Wildman–Crippen LogP) is 10.7. The van der Waals surface area contributed by atoms with Gasteiger partial charge in [0, 0.05) is 11.8 Å². The average molecular weight is 1950 g/mol. The Morgan fingerprint density at radius 1 is 0.308 bits per heavy atom. The van der Waals surface area contributed by atoms with Crippen LogP contribution in [0.15, 0.2) is 121 Å². The molecule has 0 N–H and O–H groups in total. The number of hydrogen-bond acceptors (Lipinski definition) is 36. The molecule has 10 aliphatic carbocycles. The van der Waals surface area contributed by atoms with Crippen LogP contribution in [0.5, 0.6) is 28.7 Å². The Morgan fingerprint density at radius 2 is 0.556 bits per heavy atom. The van der Waals surface area contributed by atoms with E-state index in [1.165, 1.54) is 55.7 Å². The minimum Gasteiger partial charge on any atom is -0.748 e. The van der Waals surface area contributed by atoms with Gasteiger partial charge in [0.2, 0.25) is 0 Å². The maximum atomic E-state index is 13.2. The molecule has 0 heterocycles. The van der Waals surface area contributed by atoms with Crippen molar-refractivity contribution in [2.45, 2.75) is 163 Å². The Bertz CT molecular complexity index is 5880. The molecule has 0 saturated heterocycles. The molecule has 0 radical (unpaired) electrons. The number of aryl methyl sites for hydroxylation is 5. The standard InChI is InChI=1S/C21H24O8S.C21H26O7S.C17H22O7S.C17H16O7S.C16H20O7S/c1-12-2-3-16(19(23)28-4-5-30(25,26)27)17(6-12)29-20(24)21-9-13-7-14(10-21)18(22)15(8-13)11-21;1-13-2-3-17(19(22)27-4-5-29(24,25)26)18(6-13)28-20(23)21-10-14-7-15(11-21)9-16(8-14)12-21;2*1-12-7-8-14(17(19)23-9-10-25(20,21)22)15(11-12)24-16(18)13-5-3-2-4-6-13;1-11-6-7-13(16(18)22-8-9-24(19,20)21)14(10-11)23-15(17)12-4-2-3-5-12/h2-3,6,13-15H,4-5,7-11H2,1H3,(H,25,26,27);2-3,6,14-16H,4-5,7-12H2,1H3,(H,24,25,26);7-8,11,13H,2-6,9-10H2,1H3,(H,20,21,22);2-8,11H,9-10H2,1H3,(H,20,21,22);6-7,10,12H,2-5,8-9H2,1H3,(H,19,20,21)/p-5. The summed E-state index contributed by atoms with van der Waals surface area (Å²) in [5, 5.41) is 0. The second-order valence-corrected chi connectivity index (χ2v) is 42.5. The summed E-state index contributed by atoms with van der Waals surface area (Å²) < 4.78 is 211. The lowest BCUT2D eigenvalue weighted by molar-refractivity contribution is -0.167. The van der Waals surface area contributed by atoms with E-state index in [0.29, 0.717) is 48.5 Å². The number of benzene rings is 6. The minimum atomic E-state index is -4.51. The Balaban J connectivity index is 0.000000173. The number of carbonyl (C=O) groups excluding carboxylic acids is 11. The second-order valence-electron chi connectivity index (χ2n) is 34.9. The van der Waals surface area contributed by atoms with Crippen LogP contribution in [0.25, 0.3) is 0 Å². The van der Waals surface area contributed by atoms with E-state index in [1.807, 2.05) is 6.92 Å². The number of ether oxygens (including phenoxy) is 10. The zero-order chi connectivity index (χ0) is 97.1. The van der Waals surface area contributed by atoms with E-state index in [1.54, 1.807) is 113 Å². The first-order valence-electron chi connectivity index (χ1n) is 43.2. The highest BCUT2D eigenvalue weighted by atomic mass is 32.2. The Labute approximate surface area is 770 Å². The predicted molar refractivity (Wildman–Crippen MR) is 464 cm³/mol. The molecule has 10 fully saturated rings. The van der Waals surface area contributed by atoms with Crippen molar-refractivity contribution in [1.82, 2.24) is 0 Å². The molecular formula is C92H103O36S5-5. The molecular weight excluding hydrogens is 1840 g/mol. The monoisotopic (exact) mass is 1940 g/mol. The van der Waals surface area contributed by atoms with Crippen molar-refractivity contribution in [2.75, 3.05) is 61.8 Å². The lowest BCUT2D eigenvalue weighted by Crippen LogP contribution is -2.55. The number of esters is 10. The molecule has 10 aliphatic rings. The molecule has 0 aromatic heterocycles. The van der Waals surface area contributed by atoms with Gasteiger partial charge in [-0.25, -0.2) is 70.9 Å². The van der Waals surface area contributed by atoms with E-state index in [-0.39, 0.29) is 104 Å². The number of ketones is 1. The van der Waals surface area contributed by atoms with Crippen LogP contribution in [-0.2, 0) is 98.2 Å². The van der Waals surface area contributed by atoms with Crippen molar-refractivity contribution in [3.05, 3.63) is 183 Å². The van der Waals surface area contributed by atoms with Gasteiger partial charge in [-0.05, 0) is 255 Å². The van der Waals surface area contributed by atoms with Crippen LogP contribution in [0.3, 0.4) is 0 Å². The van der Waals surface area contributed by atoms with Crippen LogP contribution in [0.2, 0.25) is 0 Å². The van der Waals surface area contributed by atoms with Crippen molar-refractivity contribution in [3.8, 4) is 28.7 Å². The van der Waals surface area contributed by atoms with Gasteiger partial charge in [-0.1, -0.05) is 80.6 Å². The van der Waals surface area contributed by atoms with Gasteiger partial charge in [0.25, 0.3) is 0 Å². The lowest BCUT2D eigenvalue weighted by atomic mass is 9.49. The molecule has 722 valence electrons. The highest BCUT2D eigenvalue weighted by molar-refractivity contribution is 7.86. The Morgan fingerprint density at radius 3 is 0.835 bits per heavy atom. The van der Waals surface area contributed by atoms with Crippen LogP contribution in [0, 0.1) is 92.8 Å². The summed E-state index contributed by atoms with van der Waals surface area (Å²) >= 11 is 0. The fraction of sp³-hybridized carbons (Fsp3) is 0.489. The molecule has 41 heteroatoms. The highest BCUT2D eigenvalue weighted by Gasteiger charge is 2.60. The molecule has 2 atom stereocenters. The average Bonchev–Trinajstić information content (AvgIpc) is 1.16. The van der Waals surface area contributed by atoms with Crippen LogP contribution in [0.1, 0.15) is 218 Å². The van der Waals surface area contributed by atoms with Gasteiger partial charge in [-0.3, -0.25) is 24.0 Å². The summed E-state index contributed by atoms with van der Waals surface area (Å²) in [6, 6.07) is 31.4. The topological polar surface area (TPSA) is 566 Å². The van der Waals surface area contributed by atoms with Gasteiger partial charge in [0.05, 0.1) is 108 Å². The third-order valence-electron chi connectivity index (χ3n) is 24.2. The number of carbonyl (C=O) groups is 11. The fourth-order valence-electron chi connectivity index (χ4n) is 18.4. The molecule has 0 aliphatic heterocycles. The molecule has 6 aromatic carbocycles. The van der Waals surface area contributed by atoms with Gasteiger partial charge in [-0.2, -0.15) is 0 Å². The van der Waals surface area contributed by atoms with Crippen molar-refractivity contribution in [3.63, 3.8) is 0 Å². The van der Waals surface area contributed by atoms with Gasteiger partial charge in [0.1, 0.15) is 95.4 Å². The zero-order valence-corrected chi connectivity index (χ0v) is 77.7. The van der Waals surface area contributed by atoms with Crippen LogP contribution >= 0.6 is 0 Å². The van der Waals surface area contributed by atoms with Gasteiger partial charge < -0.3 is 70.1 Å². The van der Waals surface area contributed by atoms with Crippen molar-refractivity contribution in [1.29, 1.82) is 0 Å². The third kappa shape index (κ3) is 31.4. The van der Waals surface area contributed by atoms with Crippen molar-refractivity contribution in [2.24, 2.45) is 58.2 Å². The number of hydrogen-bond donors (Lipinski definition) is 0. The first-order chi connectivity index (χ1) is 62.5. The van der Waals surface area contributed by atoms with E-state index in [2.05, 4.69) is 0 Å². The van der Waals surface area contributed by atoms with E-state index in [0.717, 1.165) is 118 Å². The van der Waals surface area contributed by atoms with E-state index in [4.69, 9.17) is 47.4 Å². The molecule has 2 unspecified atom stereocenters. The van der Waals surface area contributed by atoms with Crippen molar-refractivity contribution >= 4 is 116 Å². The third-order valence-corrected chi connectivity index (χ3v) is 27.5. The van der Waals surface area contributed by atoms with Crippen LogP contribution in [-0.4, -0.2) is 192 Å². The Kier molecular flexibility index (Phi) is 35.7. The summed E-state index contributed by atoms with van der Waals surface area (Å²) in [6.07, 6.45) is 17.6. The zero-order valence-electron chi connectivity index (χ0n) is 73.6. The highest BCUT2D eigenvalue weighted by Crippen LogP contribution is 2.61. The molecule has 6 aromatic rings. The van der Waals surface area contributed by atoms with E-state index < -0.39 is 165 Å². The maximum absolute atomic E-state index is 13.2. The number of Topliss-reactive ketones (excluding diaryl/α,β-unsaturated/α-hetero) is 1. The minimum absolute atomic E-state index is 0.0103. The first-order valence-corrected chi connectivity index (χ1v) is 51.1. The number of rotatable bonds is 30. The molecule has 16 rings (SSSR count). The maximum Gasteiger partial charge on any atom is 0.343 e. The lowest BCUT2D eigenvalue weighted by Gasteiger charge is -2.55. The molecule has 36 nitrogen and oxygen atoms in total. The Hall–Kier alpha value is -10.8. The molecule has 0 spiro atoms. The molecule has 8 bridgehead atoms. The molecule has 10 saturated carbocycles. The normalized spacial score (nSPS) is 21.0.